The van der Waals surface area contributed by atoms with Crippen LogP contribution in [0, 0.1) is 5.41 Å². The summed E-state index contributed by atoms with van der Waals surface area (Å²) in [5.74, 6) is 0.258. The number of hydrogen-bond donors (Lipinski definition) is 0. The Kier molecular flexibility index (Phi) is 4.61. The van der Waals surface area contributed by atoms with E-state index in [1.807, 2.05) is 41.3 Å². The van der Waals surface area contributed by atoms with E-state index in [4.69, 9.17) is 0 Å². The molecule has 148 valence electrons. The Hall–Kier alpha value is -2.83. The maximum Gasteiger partial charge on any atom is 0.223 e. The summed E-state index contributed by atoms with van der Waals surface area (Å²) in [7, 11) is 1.92. The molecule has 1 aliphatic heterocycles. The van der Waals surface area contributed by atoms with Crippen molar-refractivity contribution in [3.05, 3.63) is 36.9 Å². The van der Waals surface area contributed by atoms with Gasteiger partial charge in [-0.2, -0.15) is 10.2 Å². The highest BCUT2D eigenvalue weighted by Crippen LogP contribution is 2.27. The van der Waals surface area contributed by atoms with Gasteiger partial charge in [0, 0.05) is 63.2 Å². The molecule has 0 bridgehead atoms. The number of piperazine rings is 1. The minimum Gasteiger partial charge on any atom is -0.365 e. The lowest BCUT2D eigenvalue weighted by Gasteiger charge is -2.36. The van der Waals surface area contributed by atoms with Crippen molar-refractivity contribution >= 4 is 17.1 Å². The molecular weight excluding hydrogens is 352 g/mol. The van der Waals surface area contributed by atoms with Gasteiger partial charge in [-0.25, -0.2) is 4.52 Å². The fraction of sp³-hybridized carbons (Fsp3) is 0.476. The van der Waals surface area contributed by atoms with E-state index >= 15 is 0 Å². The lowest BCUT2D eigenvalue weighted by molar-refractivity contribution is -0.133. The molecule has 0 spiro atoms. The SMILES string of the molecule is Cn1cc(-c2ccc3c(N4CCN(C(=O)CC(C)(C)C)CC4)cnn3c2)cn1. The maximum absolute atomic E-state index is 12.5. The van der Waals surface area contributed by atoms with Crippen molar-refractivity contribution in [2.45, 2.75) is 27.2 Å². The van der Waals surface area contributed by atoms with Crippen molar-refractivity contribution in [2.24, 2.45) is 12.5 Å². The van der Waals surface area contributed by atoms with Crippen LogP contribution < -0.4 is 4.90 Å². The Morgan fingerprint density at radius 3 is 2.39 bits per heavy atom. The molecule has 7 nitrogen and oxygen atoms in total. The maximum atomic E-state index is 12.5. The predicted molar refractivity (Wildman–Crippen MR) is 110 cm³/mol. The number of carbonyl (C=O) groups excluding carboxylic acids is 1. The van der Waals surface area contributed by atoms with Gasteiger partial charge >= 0.3 is 0 Å². The molecule has 0 N–H and O–H groups in total. The Morgan fingerprint density at radius 1 is 1.00 bits per heavy atom. The monoisotopic (exact) mass is 380 g/mol. The first kappa shape index (κ1) is 18.5. The summed E-state index contributed by atoms with van der Waals surface area (Å²) < 4.78 is 3.73. The molecule has 3 aromatic rings. The van der Waals surface area contributed by atoms with E-state index in [2.05, 4.69) is 48.0 Å². The quantitative estimate of drug-likeness (QED) is 0.701. The number of aryl methyl sites for hydroxylation is 1. The molecule has 4 heterocycles. The number of aromatic nitrogens is 4. The second-order valence-corrected chi connectivity index (χ2v) is 8.79. The van der Waals surface area contributed by atoms with Crippen LogP contribution in [0.3, 0.4) is 0 Å². The number of anilines is 1. The highest BCUT2D eigenvalue weighted by molar-refractivity contribution is 5.78. The van der Waals surface area contributed by atoms with Crippen LogP contribution in [0.25, 0.3) is 16.6 Å². The lowest BCUT2D eigenvalue weighted by Crippen LogP contribution is -2.49. The van der Waals surface area contributed by atoms with Crippen molar-refractivity contribution < 1.29 is 4.79 Å². The van der Waals surface area contributed by atoms with E-state index in [1.54, 1.807) is 4.68 Å². The summed E-state index contributed by atoms with van der Waals surface area (Å²) in [6.45, 7) is 9.53. The average Bonchev–Trinajstić information content (AvgIpc) is 3.26. The summed E-state index contributed by atoms with van der Waals surface area (Å²) in [4.78, 5) is 16.8. The molecule has 0 atom stereocenters. The van der Waals surface area contributed by atoms with Gasteiger partial charge in [0.1, 0.15) is 0 Å². The minimum atomic E-state index is 0.0304. The number of pyridine rings is 1. The first-order chi connectivity index (χ1) is 13.3. The number of rotatable bonds is 3. The molecule has 3 aromatic heterocycles. The van der Waals surface area contributed by atoms with Gasteiger partial charge in [0.15, 0.2) is 0 Å². The van der Waals surface area contributed by atoms with Crippen LogP contribution in [0.5, 0.6) is 0 Å². The normalized spacial score (nSPS) is 15.4. The van der Waals surface area contributed by atoms with Gasteiger partial charge in [-0.15, -0.1) is 0 Å². The van der Waals surface area contributed by atoms with E-state index in [0.717, 1.165) is 48.5 Å². The van der Waals surface area contributed by atoms with Crippen LogP contribution in [0.4, 0.5) is 5.69 Å². The standard InChI is InChI=1S/C21H28N6O/c1-21(2,3)11-20(28)26-9-7-25(8-10-26)19-13-23-27-15-16(5-6-18(19)27)17-12-22-24(4)14-17/h5-6,12-15H,7-11H2,1-4H3. The third kappa shape index (κ3) is 3.74. The van der Waals surface area contributed by atoms with Gasteiger partial charge in [0.2, 0.25) is 5.91 Å². The van der Waals surface area contributed by atoms with Crippen LogP contribution >= 0.6 is 0 Å². The highest BCUT2D eigenvalue weighted by atomic mass is 16.2. The van der Waals surface area contributed by atoms with E-state index in [9.17, 15) is 4.79 Å². The molecule has 1 saturated heterocycles. The van der Waals surface area contributed by atoms with Crippen molar-refractivity contribution in [1.82, 2.24) is 24.3 Å². The van der Waals surface area contributed by atoms with Gasteiger partial charge in [0.05, 0.1) is 23.6 Å². The first-order valence-electron chi connectivity index (χ1n) is 9.79. The molecule has 7 heteroatoms. The lowest BCUT2D eigenvalue weighted by atomic mass is 9.91. The zero-order valence-electron chi connectivity index (χ0n) is 17.1. The molecule has 0 saturated carbocycles. The third-order valence-corrected chi connectivity index (χ3v) is 5.19. The van der Waals surface area contributed by atoms with Crippen LogP contribution in [0.1, 0.15) is 27.2 Å². The zero-order valence-corrected chi connectivity index (χ0v) is 17.1. The fourth-order valence-corrected chi connectivity index (χ4v) is 3.72. The average molecular weight is 380 g/mol. The Morgan fingerprint density at radius 2 is 1.75 bits per heavy atom. The Balaban J connectivity index is 1.48. The molecule has 4 rings (SSSR count). The second-order valence-electron chi connectivity index (χ2n) is 8.79. The first-order valence-corrected chi connectivity index (χ1v) is 9.79. The second kappa shape index (κ2) is 6.96. The van der Waals surface area contributed by atoms with Gasteiger partial charge in [0.25, 0.3) is 0 Å². The molecule has 1 fully saturated rings. The van der Waals surface area contributed by atoms with Crippen LogP contribution in [-0.4, -0.2) is 56.4 Å². The van der Waals surface area contributed by atoms with Crippen LogP contribution in [0.2, 0.25) is 0 Å². The van der Waals surface area contributed by atoms with Crippen LogP contribution in [0.15, 0.2) is 36.9 Å². The summed E-state index contributed by atoms with van der Waals surface area (Å²) in [5, 5.41) is 8.80. The van der Waals surface area contributed by atoms with Gasteiger partial charge in [-0.05, 0) is 11.5 Å². The smallest absolute Gasteiger partial charge is 0.223 e. The molecule has 1 aliphatic rings. The predicted octanol–water partition coefficient (Wildman–Crippen LogP) is 2.82. The largest absolute Gasteiger partial charge is 0.365 e. The fourth-order valence-electron chi connectivity index (χ4n) is 3.72. The number of fused-ring (bicyclic) bond motifs is 1. The Bertz CT molecular complexity index is 988. The van der Waals surface area contributed by atoms with Crippen LogP contribution in [-0.2, 0) is 11.8 Å². The summed E-state index contributed by atoms with van der Waals surface area (Å²) >= 11 is 0. The highest BCUT2D eigenvalue weighted by Gasteiger charge is 2.26. The van der Waals surface area contributed by atoms with Gasteiger partial charge < -0.3 is 9.80 Å². The molecular formula is C21H28N6O. The van der Waals surface area contributed by atoms with Crippen molar-refractivity contribution in [3.63, 3.8) is 0 Å². The van der Waals surface area contributed by atoms with Crippen molar-refractivity contribution in [3.8, 4) is 11.1 Å². The van der Waals surface area contributed by atoms with E-state index in [-0.39, 0.29) is 11.3 Å². The minimum absolute atomic E-state index is 0.0304. The summed E-state index contributed by atoms with van der Waals surface area (Å²) in [6, 6.07) is 4.22. The van der Waals surface area contributed by atoms with E-state index < -0.39 is 0 Å². The third-order valence-electron chi connectivity index (χ3n) is 5.19. The summed E-state index contributed by atoms with van der Waals surface area (Å²) in [5.41, 5.74) is 4.41. The molecule has 0 aliphatic carbocycles. The van der Waals surface area contributed by atoms with E-state index in [0.29, 0.717) is 6.42 Å². The molecule has 0 radical (unpaired) electrons. The van der Waals surface area contributed by atoms with Gasteiger partial charge in [-0.3, -0.25) is 9.48 Å². The summed E-state index contributed by atoms with van der Waals surface area (Å²) in [6.07, 6.45) is 8.42. The van der Waals surface area contributed by atoms with Gasteiger partial charge in [-0.1, -0.05) is 26.8 Å². The molecule has 0 unspecified atom stereocenters. The molecule has 28 heavy (non-hydrogen) atoms. The topological polar surface area (TPSA) is 58.7 Å². The Labute approximate surface area is 165 Å². The van der Waals surface area contributed by atoms with Crippen molar-refractivity contribution in [2.75, 3.05) is 31.1 Å². The number of amides is 1. The number of carbonyl (C=O) groups is 1. The van der Waals surface area contributed by atoms with Crippen molar-refractivity contribution in [1.29, 1.82) is 0 Å². The molecule has 1 amide bonds. The van der Waals surface area contributed by atoms with E-state index in [1.165, 1.54) is 0 Å². The molecule has 0 aromatic carbocycles. The number of nitrogens with zero attached hydrogens (tertiary/aromatic N) is 6. The zero-order chi connectivity index (χ0) is 19.9. The number of hydrogen-bond acceptors (Lipinski definition) is 4.